The summed E-state index contributed by atoms with van der Waals surface area (Å²) >= 11 is 1.68. The van der Waals surface area contributed by atoms with Crippen LogP contribution in [0.1, 0.15) is 20.8 Å². The summed E-state index contributed by atoms with van der Waals surface area (Å²) in [6.45, 7) is 0.989. The van der Waals surface area contributed by atoms with Crippen LogP contribution in [-0.4, -0.2) is 29.8 Å². The lowest BCUT2D eigenvalue weighted by molar-refractivity contribution is -0.131. The molecule has 1 aromatic carbocycles. The van der Waals surface area contributed by atoms with Gasteiger partial charge in [-0.2, -0.15) is 0 Å². The van der Waals surface area contributed by atoms with E-state index in [9.17, 15) is 18.4 Å². The summed E-state index contributed by atoms with van der Waals surface area (Å²) in [6, 6.07) is 4.87. The van der Waals surface area contributed by atoms with Crippen molar-refractivity contribution in [1.82, 2.24) is 10.2 Å². The topological polar surface area (TPSA) is 49.4 Å². The summed E-state index contributed by atoms with van der Waals surface area (Å²) in [6.07, 6.45) is 0.815. The van der Waals surface area contributed by atoms with Crippen LogP contribution in [-0.2, 0) is 17.8 Å². The number of carbonyl (C=O) groups excluding carboxylic acids is 2. The molecule has 2 aromatic rings. The van der Waals surface area contributed by atoms with Crippen LogP contribution in [0.3, 0.4) is 0 Å². The van der Waals surface area contributed by atoms with Gasteiger partial charge in [0.05, 0.1) is 6.54 Å². The molecule has 0 atom stereocenters. The summed E-state index contributed by atoms with van der Waals surface area (Å²) in [5.41, 5.74) is 1.12. The number of amides is 2. The molecule has 0 saturated carbocycles. The second kappa shape index (κ2) is 6.45. The molecule has 1 N–H and O–H groups in total. The number of hydrogen-bond donors (Lipinski definition) is 1. The van der Waals surface area contributed by atoms with E-state index in [1.54, 1.807) is 16.2 Å². The zero-order valence-electron chi connectivity index (χ0n) is 12.1. The van der Waals surface area contributed by atoms with Gasteiger partial charge in [-0.05, 0) is 41.6 Å². The molecule has 2 heterocycles. The molecule has 0 unspecified atom stereocenters. The fourth-order valence-electron chi connectivity index (χ4n) is 2.47. The number of nitrogens with one attached hydrogen (secondary N) is 1. The summed E-state index contributed by atoms with van der Waals surface area (Å²) in [7, 11) is 0. The quantitative estimate of drug-likeness (QED) is 0.935. The van der Waals surface area contributed by atoms with Crippen LogP contribution in [0.4, 0.5) is 8.78 Å². The highest BCUT2D eigenvalue weighted by atomic mass is 32.1. The second-order valence-corrected chi connectivity index (χ2v) is 6.25. The van der Waals surface area contributed by atoms with E-state index in [4.69, 9.17) is 0 Å². The normalized spacial score (nSPS) is 13.6. The molecule has 0 bridgehead atoms. The molecule has 0 radical (unpaired) electrons. The van der Waals surface area contributed by atoms with Gasteiger partial charge in [-0.15, -0.1) is 11.3 Å². The van der Waals surface area contributed by atoms with Crippen LogP contribution in [0.5, 0.6) is 0 Å². The van der Waals surface area contributed by atoms with E-state index in [1.165, 1.54) is 10.9 Å². The van der Waals surface area contributed by atoms with Crippen molar-refractivity contribution in [2.24, 2.45) is 0 Å². The first-order valence-corrected chi connectivity index (χ1v) is 7.99. The van der Waals surface area contributed by atoms with Gasteiger partial charge < -0.3 is 10.2 Å². The molecule has 0 aliphatic carbocycles. The fourth-order valence-corrected chi connectivity index (χ4v) is 3.36. The summed E-state index contributed by atoms with van der Waals surface area (Å²) in [5.74, 6) is -2.91. The van der Waals surface area contributed by atoms with E-state index in [0.29, 0.717) is 13.1 Å². The SMILES string of the molecule is O=C(NCC(=O)N1CCc2sccc2C1)c1ccc(F)c(F)c1. The molecule has 0 saturated heterocycles. The molecule has 2 amide bonds. The molecule has 1 aliphatic heterocycles. The number of thiophene rings is 1. The van der Waals surface area contributed by atoms with Gasteiger partial charge in [-0.25, -0.2) is 8.78 Å². The lowest BCUT2D eigenvalue weighted by atomic mass is 10.1. The highest BCUT2D eigenvalue weighted by Gasteiger charge is 2.21. The Morgan fingerprint density at radius 3 is 2.83 bits per heavy atom. The number of rotatable bonds is 3. The van der Waals surface area contributed by atoms with Gasteiger partial charge >= 0.3 is 0 Å². The summed E-state index contributed by atoms with van der Waals surface area (Å²) < 4.78 is 26.0. The standard InChI is InChI=1S/C16H14F2N2O2S/c17-12-2-1-10(7-13(12)18)16(22)19-8-15(21)20-5-3-14-11(9-20)4-6-23-14/h1-2,4,6-7H,3,5,8-9H2,(H,19,22). The van der Waals surface area contributed by atoms with Gasteiger partial charge in [-0.3, -0.25) is 9.59 Å². The average molecular weight is 336 g/mol. The monoisotopic (exact) mass is 336 g/mol. The van der Waals surface area contributed by atoms with E-state index < -0.39 is 17.5 Å². The highest BCUT2D eigenvalue weighted by Crippen LogP contribution is 2.23. The third-order valence-electron chi connectivity index (χ3n) is 3.74. The Balaban J connectivity index is 1.57. The van der Waals surface area contributed by atoms with Gasteiger partial charge in [0, 0.05) is 23.5 Å². The summed E-state index contributed by atoms with van der Waals surface area (Å²) in [5, 5.41) is 4.45. The van der Waals surface area contributed by atoms with E-state index in [0.717, 1.165) is 24.1 Å². The van der Waals surface area contributed by atoms with Gasteiger partial charge in [0.1, 0.15) is 0 Å². The predicted octanol–water partition coefficient (Wildman–Crippen LogP) is 2.34. The lowest BCUT2D eigenvalue weighted by Gasteiger charge is -2.27. The first-order chi connectivity index (χ1) is 11.0. The maximum atomic E-state index is 13.1. The highest BCUT2D eigenvalue weighted by molar-refractivity contribution is 7.10. The Morgan fingerprint density at radius 2 is 2.04 bits per heavy atom. The minimum Gasteiger partial charge on any atom is -0.343 e. The summed E-state index contributed by atoms with van der Waals surface area (Å²) in [4.78, 5) is 27.0. The van der Waals surface area contributed by atoms with Crippen molar-refractivity contribution >= 4 is 23.2 Å². The fraction of sp³-hybridized carbons (Fsp3) is 0.250. The van der Waals surface area contributed by atoms with E-state index in [-0.39, 0.29) is 18.0 Å². The zero-order chi connectivity index (χ0) is 16.4. The van der Waals surface area contributed by atoms with Crippen molar-refractivity contribution < 1.29 is 18.4 Å². The smallest absolute Gasteiger partial charge is 0.251 e. The molecule has 3 rings (SSSR count). The first-order valence-electron chi connectivity index (χ1n) is 7.11. The van der Waals surface area contributed by atoms with Crippen LogP contribution >= 0.6 is 11.3 Å². The van der Waals surface area contributed by atoms with Crippen molar-refractivity contribution in [3.63, 3.8) is 0 Å². The Labute approximate surface area is 135 Å². The van der Waals surface area contributed by atoms with Crippen LogP contribution < -0.4 is 5.32 Å². The minimum absolute atomic E-state index is 0.0181. The maximum Gasteiger partial charge on any atom is 0.251 e. The third-order valence-corrected chi connectivity index (χ3v) is 4.77. The molecule has 7 heteroatoms. The van der Waals surface area contributed by atoms with Crippen molar-refractivity contribution in [3.05, 3.63) is 57.3 Å². The van der Waals surface area contributed by atoms with E-state index >= 15 is 0 Å². The molecular formula is C16H14F2N2O2S. The van der Waals surface area contributed by atoms with Gasteiger partial charge in [0.25, 0.3) is 5.91 Å². The zero-order valence-corrected chi connectivity index (χ0v) is 13.0. The number of halogens is 2. The molecule has 120 valence electrons. The average Bonchev–Trinajstić information content (AvgIpc) is 3.02. The molecule has 1 aromatic heterocycles. The molecule has 4 nitrogen and oxygen atoms in total. The van der Waals surface area contributed by atoms with Crippen molar-refractivity contribution in [1.29, 1.82) is 0 Å². The Kier molecular flexibility index (Phi) is 4.38. The largest absolute Gasteiger partial charge is 0.343 e. The van der Waals surface area contributed by atoms with Crippen LogP contribution in [0.2, 0.25) is 0 Å². The lowest BCUT2D eigenvalue weighted by Crippen LogP contribution is -2.42. The maximum absolute atomic E-state index is 13.1. The van der Waals surface area contributed by atoms with Crippen LogP contribution in [0.25, 0.3) is 0 Å². The molecule has 0 spiro atoms. The number of hydrogen-bond acceptors (Lipinski definition) is 3. The number of fused-ring (bicyclic) bond motifs is 1. The second-order valence-electron chi connectivity index (χ2n) is 5.25. The van der Waals surface area contributed by atoms with E-state index in [1.807, 2.05) is 11.4 Å². The Morgan fingerprint density at radius 1 is 1.22 bits per heavy atom. The Bertz CT molecular complexity index is 760. The van der Waals surface area contributed by atoms with Crippen molar-refractivity contribution in [2.45, 2.75) is 13.0 Å². The van der Waals surface area contributed by atoms with E-state index in [2.05, 4.69) is 5.32 Å². The van der Waals surface area contributed by atoms with Gasteiger partial charge in [0.2, 0.25) is 5.91 Å². The van der Waals surface area contributed by atoms with Gasteiger partial charge in [-0.1, -0.05) is 0 Å². The number of carbonyl (C=O) groups is 2. The number of benzene rings is 1. The molecular weight excluding hydrogens is 322 g/mol. The Hall–Kier alpha value is -2.28. The molecule has 1 aliphatic rings. The van der Waals surface area contributed by atoms with Crippen molar-refractivity contribution in [2.75, 3.05) is 13.1 Å². The van der Waals surface area contributed by atoms with Gasteiger partial charge in [0.15, 0.2) is 11.6 Å². The van der Waals surface area contributed by atoms with Crippen molar-refractivity contribution in [3.8, 4) is 0 Å². The first kappa shape index (κ1) is 15.6. The van der Waals surface area contributed by atoms with Crippen LogP contribution in [0.15, 0.2) is 29.6 Å². The van der Waals surface area contributed by atoms with Crippen LogP contribution in [0, 0.1) is 11.6 Å². The minimum atomic E-state index is -1.09. The number of nitrogens with zero attached hydrogens (tertiary/aromatic N) is 1. The molecule has 23 heavy (non-hydrogen) atoms. The third kappa shape index (κ3) is 3.39. The molecule has 0 fully saturated rings. The predicted molar refractivity (Wildman–Crippen MR) is 82.1 cm³/mol.